The molecule has 5 heteroatoms. The van der Waals surface area contributed by atoms with E-state index in [9.17, 15) is 9.90 Å². The third kappa shape index (κ3) is 6.76. The van der Waals surface area contributed by atoms with E-state index in [1.807, 2.05) is 25.7 Å². The molecule has 5 nitrogen and oxygen atoms in total. The Bertz CT molecular complexity index is 213. The highest BCUT2D eigenvalue weighted by atomic mass is 16.5. The zero-order chi connectivity index (χ0) is 12.8. The summed E-state index contributed by atoms with van der Waals surface area (Å²) in [6.45, 7) is 7.10. The molecule has 0 aromatic heterocycles. The van der Waals surface area contributed by atoms with E-state index in [1.54, 1.807) is 0 Å². The lowest BCUT2D eigenvalue weighted by Gasteiger charge is -2.36. The van der Waals surface area contributed by atoms with E-state index in [-0.39, 0.29) is 18.6 Å². The van der Waals surface area contributed by atoms with Crippen LogP contribution in [0.4, 0.5) is 0 Å². The third-order valence-corrected chi connectivity index (χ3v) is 2.33. The molecular formula is C11H23NO4. The molecule has 0 saturated carbocycles. The highest BCUT2D eigenvalue weighted by Gasteiger charge is 2.24. The normalized spacial score (nSPS) is 14.1. The summed E-state index contributed by atoms with van der Waals surface area (Å²) in [6.07, 6.45) is -0.505. The number of hydrogen-bond donors (Lipinski definition) is 2. The molecule has 0 aromatic carbocycles. The van der Waals surface area contributed by atoms with Crippen molar-refractivity contribution in [3.63, 3.8) is 0 Å². The van der Waals surface area contributed by atoms with Crippen molar-refractivity contribution in [1.29, 1.82) is 0 Å². The molecule has 0 aliphatic heterocycles. The fraction of sp³-hybridized carbons (Fsp3) is 0.909. The first kappa shape index (κ1) is 15.3. The number of carboxylic acids is 1. The van der Waals surface area contributed by atoms with Crippen molar-refractivity contribution in [3.05, 3.63) is 0 Å². The van der Waals surface area contributed by atoms with Gasteiger partial charge < -0.3 is 14.9 Å². The van der Waals surface area contributed by atoms with Gasteiger partial charge in [0.25, 0.3) is 0 Å². The predicted octanol–water partition coefficient (Wildman–Crippen LogP) is 0.569. The Morgan fingerprint density at radius 1 is 1.44 bits per heavy atom. The summed E-state index contributed by atoms with van der Waals surface area (Å²) in [4.78, 5) is 12.5. The highest BCUT2D eigenvalue weighted by Crippen LogP contribution is 2.14. The Balaban J connectivity index is 4.27. The van der Waals surface area contributed by atoms with Gasteiger partial charge in [0.15, 0.2) is 0 Å². The summed E-state index contributed by atoms with van der Waals surface area (Å²) in [5.41, 5.74) is -0.163. The van der Waals surface area contributed by atoms with Gasteiger partial charge in [-0.3, -0.25) is 9.69 Å². The van der Waals surface area contributed by atoms with Crippen LogP contribution < -0.4 is 0 Å². The van der Waals surface area contributed by atoms with Gasteiger partial charge in [-0.25, -0.2) is 0 Å². The van der Waals surface area contributed by atoms with Crippen molar-refractivity contribution in [2.45, 2.75) is 38.8 Å². The van der Waals surface area contributed by atoms with Crippen LogP contribution in [0.5, 0.6) is 0 Å². The second-order valence-electron chi connectivity index (χ2n) is 4.87. The molecule has 0 rings (SSSR count). The van der Waals surface area contributed by atoms with E-state index in [4.69, 9.17) is 9.84 Å². The Morgan fingerprint density at radius 2 is 2.00 bits per heavy atom. The van der Waals surface area contributed by atoms with Crippen molar-refractivity contribution in [1.82, 2.24) is 4.90 Å². The fourth-order valence-electron chi connectivity index (χ4n) is 1.43. The minimum atomic E-state index is -0.824. The quantitative estimate of drug-likeness (QED) is 0.672. The van der Waals surface area contributed by atoms with Crippen LogP contribution in [0.15, 0.2) is 0 Å². The fourth-order valence-corrected chi connectivity index (χ4v) is 1.43. The lowest BCUT2D eigenvalue weighted by atomic mass is 10.0. The number of rotatable bonds is 7. The Kier molecular flexibility index (Phi) is 6.55. The summed E-state index contributed by atoms with van der Waals surface area (Å²) in [5, 5.41) is 18.3. The number of methoxy groups -OCH3 is 1. The Hall–Kier alpha value is -0.650. The molecule has 0 spiro atoms. The van der Waals surface area contributed by atoms with Crippen LogP contribution in [0.25, 0.3) is 0 Å². The van der Waals surface area contributed by atoms with Crippen LogP contribution in [0.3, 0.4) is 0 Å². The Labute approximate surface area is 97.0 Å². The summed E-state index contributed by atoms with van der Waals surface area (Å²) in [5.74, 6) is -0.824. The lowest BCUT2D eigenvalue weighted by molar-refractivity contribution is -0.137. The van der Waals surface area contributed by atoms with E-state index >= 15 is 0 Å². The van der Waals surface area contributed by atoms with E-state index in [0.29, 0.717) is 13.1 Å². The predicted molar refractivity (Wildman–Crippen MR) is 61.5 cm³/mol. The van der Waals surface area contributed by atoms with Crippen LogP contribution in [0.1, 0.15) is 27.2 Å². The molecule has 0 saturated heterocycles. The number of carbonyl (C=O) groups is 1. The van der Waals surface area contributed by atoms with Gasteiger partial charge in [0, 0.05) is 25.7 Å². The number of ether oxygens (including phenoxy) is 1. The largest absolute Gasteiger partial charge is 0.481 e. The van der Waals surface area contributed by atoms with Crippen LogP contribution in [0.2, 0.25) is 0 Å². The minimum absolute atomic E-state index is 0.0803. The summed E-state index contributed by atoms with van der Waals surface area (Å²) in [7, 11) is 1.53. The molecule has 1 atom stereocenters. The molecule has 0 amide bonds. The maximum absolute atomic E-state index is 10.5. The van der Waals surface area contributed by atoms with Crippen LogP contribution in [-0.2, 0) is 9.53 Å². The first-order valence-corrected chi connectivity index (χ1v) is 5.41. The number of carboxylic acid groups (broad SMARTS) is 1. The second kappa shape index (κ2) is 6.83. The summed E-state index contributed by atoms with van der Waals surface area (Å²) in [6, 6.07) is 0. The molecule has 0 bridgehead atoms. The van der Waals surface area contributed by atoms with Gasteiger partial charge >= 0.3 is 5.97 Å². The maximum Gasteiger partial charge on any atom is 0.304 e. The maximum atomic E-state index is 10.5. The average Bonchev–Trinajstić information content (AvgIpc) is 2.10. The van der Waals surface area contributed by atoms with Gasteiger partial charge in [0.05, 0.1) is 19.1 Å². The van der Waals surface area contributed by atoms with Gasteiger partial charge in [-0.05, 0) is 20.8 Å². The molecule has 0 aliphatic carbocycles. The number of aliphatic hydroxyl groups excluding tert-OH is 1. The van der Waals surface area contributed by atoms with Gasteiger partial charge in [-0.1, -0.05) is 0 Å². The van der Waals surface area contributed by atoms with Crippen molar-refractivity contribution >= 4 is 5.97 Å². The van der Waals surface area contributed by atoms with Crippen LogP contribution in [-0.4, -0.2) is 59.5 Å². The molecule has 0 aromatic rings. The van der Waals surface area contributed by atoms with Crippen molar-refractivity contribution in [2.75, 3.05) is 26.8 Å². The van der Waals surface area contributed by atoms with Crippen LogP contribution in [0, 0.1) is 0 Å². The summed E-state index contributed by atoms with van der Waals surface area (Å²) < 4.78 is 4.85. The molecule has 96 valence electrons. The number of nitrogens with zero attached hydrogens (tertiary/aromatic N) is 1. The molecule has 0 fully saturated rings. The van der Waals surface area contributed by atoms with Gasteiger partial charge in [-0.15, -0.1) is 0 Å². The van der Waals surface area contributed by atoms with Crippen molar-refractivity contribution in [2.24, 2.45) is 0 Å². The van der Waals surface area contributed by atoms with E-state index in [0.717, 1.165) is 0 Å². The number of aliphatic hydroxyl groups is 1. The first-order valence-electron chi connectivity index (χ1n) is 5.41. The average molecular weight is 233 g/mol. The van der Waals surface area contributed by atoms with Crippen molar-refractivity contribution in [3.8, 4) is 0 Å². The van der Waals surface area contributed by atoms with Gasteiger partial charge in [0.1, 0.15) is 0 Å². The smallest absolute Gasteiger partial charge is 0.304 e. The zero-order valence-electron chi connectivity index (χ0n) is 10.6. The number of β-amino-alcohol motifs (C(OH)–C–C–N with tert-alkyl or cyclic N) is 1. The molecule has 1 unspecified atom stereocenters. The van der Waals surface area contributed by atoms with E-state index < -0.39 is 12.1 Å². The number of hydrogen-bond acceptors (Lipinski definition) is 4. The van der Waals surface area contributed by atoms with Gasteiger partial charge in [0.2, 0.25) is 0 Å². The standard InChI is InChI=1S/C11H23NO4/c1-11(2,3)12(6-5-10(14)15)7-9(13)8-16-4/h9,13H,5-8H2,1-4H3,(H,14,15). The zero-order valence-corrected chi connectivity index (χ0v) is 10.6. The molecule has 0 heterocycles. The molecule has 16 heavy (non-hydrogen) atoms. The lowest BCUT2D eigenvalue weighted by Crippen LogP contribution is -2.47. The summed E-state index contributed by atoms with van der Waals surface area (Å²) >= 11 is 0. The van der Waals surface area contributed by atoms with Crippen LogP contribution >= 0.6 is 0 Å². The van der Waals surface area contributed by atoms with E-state index in [2.05, 4.69) is 0 Å². The number of aliphatic carboxylic acids is 1. The Morgan fingerprint density at radius 3 is 2.38 bits per heavy atom. The highest BCUT2D eigenvalue weighted by molar-refractivity contribution is 5.66. The van der Waals surface area contributed by atoms with Gasteiger partial charge in [-0.2, -0.15) is 0 Å². The topological polar surface area (TPSA) is 70.0 Å². The molecule has 0 aliphatic rings. The minimum Gasteiger partial charge on any atom is -0.481 e. The monoisotopic (exact) mass is 233 g/mol. The molecule has 0 radical (unpaired) electrons. The molecule has 2 N–H and O–H groups in total. The third-order valence-electron chi connectivity index (χ3n) is 2.33. The molecular weight excluding hydrogens is 210 g/mol. The second-order valence-corrected chi connectivity index (χ2v) is 4.87. The van der Waals surface area contributed by atoms with E-state index in [1.165, 1.54) is 7.11 Å². The SMILES string of the molecule is COCC(O)CN(CCC(=O)O)C(C)(C)C. The van der Waals surface area contributed by atoms with Crippen molar-refractivity contribution < 1.29 is 19.7 Å². The first-order chi connectivity index (χ1) is 7.27.